The van der Waals surface area contributed by atoms with Gasteiger partial charge >= 0.3 is 0 Å². The summed E-state index contributed by atoms with van der Waals surface area (Å²) < 4.78 is 0. The summed E-state index contributed by atoms with van der Waals surface area (Å²) in [5.41, 5.74) is 0. The lowest BCUT2D eigenvalue weighted by atomic mass is 9.85. The standard InChI is InChI=1S/C23H38N6O2.HI/c1-4-27-9-11-28(12-10-27)15-16(2)14-26-23(24-3)25-7-8-29-21(30)19-17-5-6-18(13-17)20(19)22(29)31;/h5-6,16-20H,4,7-15H2,1-3H3,(H2,24,25,26);1H. The SMILES string of the molecule is CCN1CCN(CC(C)CNC(=NC)NCCN2C(=O)C3C4C=CC(C4)C3C2=O)CC1.I. The second kappa shape index (κ2) is 11.3. The Balaban J connectivity index is 0.00000289. The summed E-state index contributed by atoms with van der Waals surface area (Å²) in [4.78, 5) is 36.3. The molecule has 3 fully saturated rings. The van der Waals surface area contributed by atoms with Crippen molar-refractivity contribution >= 4 is 41.8 Å². The van der Waals surface area contributed by atoms with Crippen LogP contribution in [0.3, 0.4) is 0 Å². The van der Waals surface area contributed by atoms with Gasteiger partial charge in [-0.05, 0) is 30.7 Å². The minimum Gasteiger partial charge on any atom is -0.356 e. The zero-order valence-corrected chi connectivity index (χ0v) is 22.0. The smallest absolute Gasteiger partial charge is 0.233 e. The third-order valence-electron chi connectivity index (χ3n) is 7.51. The van der Waals surface area contributed by atoms with E-state index in [1.807, 2.05) is 0 Å². The van der Waals surface area contributed by atoms with Gasteiger partial charge in [0.05, 0.1) is 11.8 Å². The zero-order valence-electron chi connectivity index (χ0n) is 19.6. The molecule has 32 heavy (non-hydrogen) atoms. The summed E-state index contributed by atoms with van der Waals surface area (Å²) in [6, 6.07) is 0. The third kappa shape index (κ3) is 5.30. The first kappa shape index (κ1) is 25.4. The molecular formula is C23H39IN6O2. The van der Waals surface area contributed by atoms with Gasteiger partial charge < -0.3 is 20.4 Å². The van der Waals surface area contributed by atoms with Gasteiger partial charge in [-0.25, -0.2) is 0 Å². The Morgan fingerprint density at radius 3 is 2.22 bits per heavy atom. The number of amides is 2. The van der Waals surface area contributed by atoms with E-state index in [4.69, 9.17) is 0 Å². The molecule has 5 unspecified atom stereocenters. The maximum Gasteiger partial charge on any atom is 0.233 e. The molecule has 2 N–H and O–H groups in total. The van der Waals surface area contributed by atoms with E-state index in [0.717, 1.165) is 58.2 Å². The fraction of sp³-hybridized carbons (Fsp3) is 0.783. The molecule has 8 nitrogen and oxygen atoms in total. The number of halogens is 1. The van der Waals surface area contributed by atoms with Gasteiger partial charge in [-0.3, -0.25) is 19.5 Å². The van der Waals surface area contributed by atoms with E-state index >= 15 is 0 Å². The highest BCUT2D eigenvalue weighted by atomic mass is 127. The van der Waals surface area contributed by atoms with Crippen LogP contribution in [-0.4, -0.2) is 98.4 Å². The molecule has 0 aromatic rings. The summed E-state index contributed by atoms with van der Waals surface area (Å²) in [7, 11) is 1.75. The van der Waals surface area contributed by atoms with Crippen LogP contribution in [0.1, 0.15) is 20.3 Å². The number of likely N-dealkylation sites (N-methyl/N-ethyl adjacent to an activating group) is 1. The number of hydrogen-bond acceptors (Lipinski definition) is 5. The first-order valence-corrected chi connectivity index (χ1v) is 11.9. The molecule has 180 valence electrons. The Labute approximate surface area is 209 Å². The van der Waals surface area contributed by atoms with Gasteiger partial charge in [-0.15, -0.1) is 24.0 Å². The Bertz CT molecular complexity index is 706. The van der Waals surface area contributed by atoms with Crippen molar-refractivity contribution in [2.75, 3.05) is 66.0 Å². The van der Waals surface area contributed by atoms with E-state index in [1.54, 1.807) is 7.05 Å². The lowest BCUT2D eigenvalue weighted by molar-refractivity contribution is -0.140. The summed E-state index contributed by atoms with van der Waals surface area (Å²) in [5, 5.41) is 6.66. The number of nitrogens with zero attached hydrogens (tertiary/aromatic N) is 4. The van der Waals surface area contributed by atoms with E-state index in [1.165, 1.54) is 4.90 Å². The highest BCUT2D eigenvalue weighted by Gasteiger charge is 2.58. The summed E-state index contributed by atoms with van der Waals surface area (Å²) in [5.74, 6) is 1.59. The number of aliphatic imine (C=N–C) groups is 1. The Morgan fingerprint density at radius 1 is 1.06 bits per heavy atom. The number of fused-ring (bicyclic) bond motifs is 5. The largest absolute Gasteiger partial charge is 0.356 e. The molecule has 5 atom stereocenters. The van der Waals surface area contributed by atoms with Crippen molar-refractivity contribution in [2.24, 2.45) is 34.6 Å². The van der Waals surface area contributed by atoms with Crippen molar-refractivity contribution < 1.29 is 9.59 Å². The molecule has 2 aliphatic heterocycles. The minimum atomic E-state index is -0.111. The first-order valence-electron chi connectivity index (χ1n) is 11.9. The zero-order chi connectivity index (χ0) is 22.0. The third-order valence-corrected chi connectivity index (χ3v) is 7.51. The Kier molecular flexibility index (Phi) is 8.97. The maximum atomic E-state index is 12.8. The summed E-state index contributed by atoms with van der Waals surface area (Å²) in [6.45, 7) is 13.1. The van der Waals surface area contributed by atoms with Gasteiger partial charge in [-0.2, -0.15) is 0 Å². The Morgan fingerprint density at radius 2 is 1.66 bits per heavy atom. The van der Waals surface area contributed by atoms with Gasteiger partial charge in [0.1, 0.15) is 0 Å². The van der Waals surface area contributed by atoms with Crippen molar-refractivity contribution in [2.45, 2.75) is 20.3 Å². The van der Waals surface area contributed by atoms with Crippen LogP contribution >= 0.6 is 24.0 Å². The van der Waals surface area contributed by atoms with Crippen molar-refractivity contribution in [1.29, 1.82) is 0 Å². The van der Waals surface area contributed by atoms with Gasteiger partial charge in [0, 0.05) is 59.4 Å². The number of allylic oxidation sites excluding steroid dienone is 2. The van der Waals surface area contributed by atoms with Crippen LogP contribution < -0.4 is 10.6 Å². The summed E-state index contributed by atoms with van der Waals surface area (Å²) >= 11 is 0. The second-order valence-electron chi connectivity index (χ2n) is 9.55. The first-order chi connectivity index (χ1) is 15.0. The second-order valence-corrected chi connectivity index (χ2v) is 9.55. The average Bonchev–Trinajstić information content (AvgIpc) is 3.46. The maximum absolute atomic E-state index is 12.8. The number of hydrogen-bond donors (Lipinski definition) is 2. The number of likely N-dealkylation sites (tertiary alicyclic amines) is 1. The molecule has 4 rings (SSSR count). The predicted molar refractivity (Wildman–Crippen MR) is 137 cm³/mol. The van der Waals surface area contributed by atoms with Crippen LogP contribution in [-0.2, 0) is 9.59 Å². The van der Waals surface area contributed by atoms with E-state index in [0.29, 0.717) is 19.0 Å². The average molecular weight is 559 g/mol. The fourth-order valence-corrected chi connectivity index (χ4v) is 5.76. The number of carbonyl (C=O) groups is 2. The van der Waals surface area contributed by atoms with Gasteiger partial charge in [-0.1, -0.05) is 26.0 Å². The van der Waals surface area contributed by atoms with Crippen LogP contribution in [0.2, 0.25) is 0 Å². The summed E-state index contributed by atoms with van der Waals surface area (Å²) in [6.07, 6.45) is 5.24. The molecule has 0 aromatic heterocycles. The molecule has 1 saturated carbocycles. The molecular weight excluding hydrogens is 519 g/mol. The molecule has 0 radical (unpaired) electrons. The van der Waals surface area contributed by atoms with E-state index < -0.39 is 0 Å². The van der Waals surface area contributed by atoms with Gasteiger partial charge in [0.25, 0.3) is 0 Å². The van der Waals surface area contributed by atoms with Gasteiger partial charge in [0.2, 0.25) is 11.8 Å². The number of nitrogens with one attached hydrogen (secondary N) is 2. The molecule has 2 saturated heterocycles. The number of rotatable bonds is 8. The normalized spacial score (nSPS) is 31.1. The lowest BCUT2D eigenvalue weighted by Gasteiger charge is -2.35. The molecule has 2 aliphatic carbocycles. The van der Waals surface area contributed by atoms with Crippen LogP contribution in [0.5, 0.6) is 0 Å². The van der Waals surface area contributed by atoms with Crippen molar-refractivity contribution in [3.63, 3.8) is 0 Å². The molecule has 4 aliphatic rings. The van der Waals surface area contributed by atoms with E-state index in [2.05, 4.69) is 51.4 Å². The lowest BCUT2D eigenvalue weighted by Crippen LogP contribution is -2.49. The number of carbonyl (C=O) groups excluding carboxylic acids is 2. The fourth-order valence-electron chi connectivity index (χ4n) is 5.76. The number of imide groups is 1. The van der Waals surface area contributed by atoms with E-state index in [-0.39, 0.29) is 59.5 Å². The van der Waals surface area contributed by atoms with Crippen molar-refractivity contribution in [1.82, 2.24) is 25.3 Å². The molecule has 2 heterocycles. The highest BCUT2D eigenvalue weighted by Crippen LogP contribution is 2.52. The van der Waals surface area contributed by atoms with Crippen LogP contribution in [0.25, 0.3) is 0 Å². The predicted octanol–water partition coefficient (Wildman–Crippen LogP) is 0.850. The molecule has 0 spiro atoms. The van der Waals surface area contributed by atoms with E-state index in [9.17, 15) is 9.59 Å². The van der Waals surface area contributed by atoms with Crippen LogP contribution in [0, 0.1) is 29.6 Å². The highest BCUT2D eigenvalue weighted by molar-refractivity contribution is 14.0. The van der Waals surface area contributed by atoms with Crippen molar-refractivity contribution in [3.05, 3.63) is 12.2 Å². The minimum absolute atomic E-state index is 0. The van der Waals surface area contributed by atoms with Crippen LogP contribution in [0.15, 0.2) is 17.1 Å². The topological polar surface area (TPSA) is 80.3 Å². The quantitative estimate of drug-likeness (QED) is 0.151. The monoisotopic (exact) mass is 558 g/mol. The number of piperazine rings is 1. The Hall–Kier alpha value is -1.20. The number of guanidine groups is 1. The van der Waals surface area contributed by atoms with Crippen molar-refractivity contribution in [3.8, 4) is 0 Å². The molecule has 2 amide bonds. The van der Waals surface area contributed by atoms with Gasteiger partial charge in [0.15, 0.2) is 5.96 Å². The molecule has 2 bridgehead atoms. The van der Waals surface area contributed by atoms with Crippen LogP contribution in [0.4, 0.5) is 0 Å². The molecule has 9 heteroatoms. The molecule has 0 aromatic carbocycles.